The third kappa shape index (κ3) is 7.24. The van der Waals surface area contributed by atoms with E-state index in [0.717, 1.165) is 19.3 Å². The maximum atomic E-state index is 12.2. The average Bonchev–Trinajstić information content (AvgIpc) is 2.97. The van der Waals surface area contributed by atoms with Gasteiger partial charge >= 0.3 is 0 Å². The van der Waals surface area contributed by atoms with Gasteiger partial charge in [0.25, 0.3) is 5.91 Å². The van der Waals surface area contributed by atoms with E-state index in [0.29, 0.717) is 17.0 Å². The summed E-state index contributed by atoms with van der Waals surface area (Å²) in [6.45, 7) is 4.02. The van der Waals surface area contributed by atoms with Gasteiger partial charge in [0.15, 0.2) is 6.61 Å². The summed E-state index contributed by atoms with van der Waals surface area (Å²) in [5.74, 6) is -0.282. The van der Waals surface area contributed by atoms with Gasteiger partial charge in [-0.1, -0.05) is 57.2 Å². The van der Waals surface area contributed by atoms with E-state index in [2.05, 4.69) is 12.2 Å². The van der Waals surface area contributed by atoms with Gasteiger partial charge in [-0.05, 0) is 37.6 Å². The number of hydrogen-bond acceptors (Lipinski definition) is 5. The summed E-state index contributed by atoms with van der Waals surface area (Å²) < 4.78 is 5.30. The van der Waals surface area contributed by atoms with E-state index in [-0.39, 0.29) is 17.6 Å². The molecule has 0 aliphatic carbocycles. The number of benzene rings is 1. The Kier molecular flexibility index (Phi) is 8.76. The molecule has 158 valence electrons. The van der Waals surface area contributed by atoms with Crippen LogP contribution < -0.4 is 11.1 Å². The molecule has 1 aromatic carbocycles. The monoisotopic (exact) mass is 418 g/mol. The second-order valence-corrected chi connectivity index (χ2v) is 8.96. The Morgan fingerprint density at radius 1 is 1.10 bits per heavy atom. The first kappa shape index (κ1) is 23.0. The number of nitrogens with one attached hydrogen (secondary N) is 1. The molecule has 6 nitrogen and oxygen atoms in total. The van der Waals surface area contributed by atoms with Crippen LogP contribution in [0, 0.1) is 0 Å². The van der Waals surface area contributed by atoms with Gasteiger partial charge < -0.3 is 15.8 Å². The fraction of sp³-hybridized carbons (Fsp3) is 0.500. The number of anilines is 1. The van der Waals surface area contributed by atoms with Crippen molar-refractivity contribution in [2.45, 2.75) is 63.5 Å². The van der Waals surface area contributed by atoms with Gasteiger partial charge in [0.2, 0.25) is 11.0 Å². The molecule has 2 amide bonds. The van der Waals surface area contributed by atoms with Gasteiger partial charge in [0.05, 0.1) is 4.75 Å². The Labute approximate surface area is 176 Å². The number of carbonyl (C=O) groups is 3. The fourth-order valence-electron chi connectivity index (χ4n) is 3.23. The van der Waals surface area contributed by atoms with Crippen molar-refractivity contribution in [1.29, 1.82) is 0 Å². The zero-order valence-electron chi connectivity index (χ0n) is 17.2. The number of hydrogen-bond donors (Lipinski definition) is 2. The molecule has 1 unspecified atom stereocenters. The van der Waals surface area contributed by atoms with E-state index >= 15 is 0 Å². The smallest absolute Gasteiger partial charge is 0.262 e. The lowest BCUT2D eigenvalue weighted by Crippen LogP contribution is -2.26. The second-order valence-electron chi connectivity index (χ2n) is 7.46. The molecule has 3 N–H and O–H groups in total. The van der Waals surface area contributed by atoms with Crippen LogP contribution in [0.2, 0.25) is 0 Å². The topological polar surface area (TPSA) is 98.5 Å². The average molecular weight is 419 g/mol. The first-order chi connectivity index (χ1) is 13.8. The quantitative estimate of drug-likeness (QED) is 0.490. The van der Waals surface area contributed by atoms with Crippen LogP contribution in [-0.2, 0) is 14.3 Å². The highest BCUT2D eigenvalue weighted by Gasteiger charge is 2.39. The van der Waals surface area contributed by atoms with Crippen LogP contribution in [0.5, 0.6) is 0 Å². The highest BCUT2D eigenvalue weighted by molar-refractivity contribution is 8.15. The molecule has 29 heavy (non-hydrogen) atoms. The van der Waals surface area contributed by atoms with E-state index < -0.39 is 10.7 Å². The predicted molar refractivity (Wildman–Crippen MR) is 117 cm³/mol. The fourth-order valence-corrected chi connectivity index (χ4v) is 4.31. The third-order valence-electron chi connectivity index (χ3n) is 4.92. The molecular formula is C22H30N2O4S. The summed E-state index contributed by atoms with van der Waals surface area (Å²) >= 11 is 1.27. The molecular weight excluding hydrogens is 388 g/mol. The van der Waals surface area contributed by atoms with Gasteiger partial charge in [0, 0.05) is 17.3 Å². The molecule has 1 aromatic rings. The highest BCUT2D eigenvalue weighted by Crippen LogP contribution is 2.44. The summed E-state index contributed by atoms with van der Waals surface area (Å²) in [5, 5.41) is 2.68. The summed E-state index contributed by atoms with van der Waals surface area (Å²) in [7, 11) is 0. The van der Waals surface area contributed by atoms with Gasteiger partial charge in [-0.3, -0.25) is 14.4 Å². The molecule has 0 fully saturated rings. The van der Waals surface area contributed by atoms with E-state index in [9.17, 15) is 14.4 Å². The minimum atomic E-state index is -0.522. The van der Waals surface area contributed by atoms with Crippen molar-refractivity contribution in [1.82, 2.24) is 0 Å². The summed E-state index contributed by atoms with van der Waals surface area (Å²) in [6.07, 6.45) is 9.45. The number of thioether (sulfide) groups is 1. The first-order valence-corrected chi connectivity index (χ1v) is 10.9. The van der Waals surface area contributed by atoms with Crippen LogP contribution in [0.4, 0.5) is 5.69 Å². The minimum Gasteiger partial charge on any atom is -0.486 e. The van der Waals surface area contributed by atoms with Gasteiger partial charge in [-0.25, -0.2) is 0 Å². The van der Waals surface area contributed by atoms with E-state index in [1.54, 1.807) is 24.3 Å². The number of amides is 2. The zero-order valence-corrected chi connectivity index (χ0v) is 18.0. The number of primary amides is 1. The molecule has 1 heterocycles. The largest absolute Gasteiger partial charge is 0.486 e. The Hall–Kier alpha value is -2.28. The van der Waals surface area contributed by atoms with Crippen LogP contribution in [0.3, 0.4) is 0 Å². The molecule has 0 aromatic heterocycles. The lowest BCUT2D eigenvalue weighted by Gasteiger charge is -2.26. The lowest BCUT2D eigenvalue weighted by molar-refractivity contribution is -0.119. The molecule has 0 spiro atoms. The number of nitrogens with two attached hydrogens (primary N) is 1. The summed E-state index contributed by atoms with van der Waals surface area (Å²) in [4.78, 5) is 35.2. The molecule has 0 saturated heterocycles. The normalized spacial score (nSPS) is 18.4. The van der Waals surface area contributed by atoms with Crippen molar-refractivity contribution >= 4 is 34.4 Å². The van der Waals surface area contributed by atoms with Gasteiger partial charge in [-0.15, -0.1) is 0 Å². The standard InChI is InChI=1S/C22H30N2O4S/c1-3-4-5-6-7-8-13-22(2)18(14-20(26)29-22)28-15-19(25)24-17-11-9-16(10-12-17)21(23)27/h9-12,14H,3-8,13,15H2,1-2H3,(H2,23,27)(H,24,25). The molecule has 2 rings (SSSR count). The Morgan fingerprint density at radius 3 is 2.41 bits per heavy atom. The Bertz CT molecular complexity index is 761. The molecule has 0 radical (unpaired) electrons. The summed E-state index contributed by atoms with van der Waals surface area (Å²) in [6, 6.07) is 6.31. The number of unbranched alkanes of at least 4 members (excludes halogenated alkanes) is 5. The van der Waals surface area contributed by atoms with Crippen molar-refractivity contribution < 1.29 is 19.1 Å². The van der Waals surface area contributed by atoms with Crippen molar-refractivity contribution in [3.8, 4) is 0 Å². The molecule has 1 atom stereocenters. The maximum absolute atomic E-state index is 12.2. The van der Waals surface area contributed by atoms with Crippen molar-refractivity contribution in [2.75, 3.05) is 11.9 Å². The van der Waals surface area contributed by atoms with Crippen molar-refractivity contribution in [3.63, 3.8) is 0 Å². The van der Waals surface area contributed by atoms with Crippen molar-refractivity contribution in [3.05, 3.63) is 41.7 Å². The van der Waals surface area contributed by atoms with E-state index in [1.807, 2.05) is 6.92 Å². The lowest BCUT2D eigenvalue weighted by atomic mass is 9.99. The van der Waals surface area contributed by atoms with Crippen LogP contribution in [0.1, 0.15) is 69.2 Å². The number of carbonyl (C=O) groups excluding carboxylic acids is 3. The zero-order chi connectivity index (χ0) is 21.3. The molecule has 1 aliphatic rings. The Morgan fingerprint density at radius 2 is 1.76 bits per heavy atom. The maximum Gasteiger partial charge on any atom is 0.262 e. The third-order valence-corrected chi connectivity index (χ3v) is 6.09. The second kappa shape index (κ2) is 11.0. The van der Waals surface area contributed by atoms with Crippen molar-refractivity contribution in [2.24, 2.45) is 5.73 Å². The van der Waals surface area contributed by atoms with Gasteiger partial charge in [-0.2, -0.15) is 0 Å². The van der Waals surface area contributed by atoms with Crippen LogP contribution in [0.15, 0.2) is 36.1 Å². The highest BCUT2D eigenvalue weighted by atomic mass is 32.2. The van der Waals surface area contributed by atoms with Crippen LogP contribution in [-0.4, -0.2) is 28.3 Å². The molecule has 0 bridgehead atoms. The van der Waals surface area contributed by atoms with E-state index in [1.165, 1.54) is 43.5 Å². The van der Waals surface area contributed by atoms with Crippen LogP contribution >= 0.6 is 11.8 Å². The summed E-state index contributed by atoms with van der Waals surface area (Å²) in [5.41, 5.74) is 6.12. The Balaban J connectivity index is 1.82. The SMILES string of the molecule is CCCCCCCCC1(C)SC(=O)C=C1OCC(=O)Nc1ccc(C(N)=O)cc1. The van der Waals surface area contributed by atoms with Gasteiger partial charge in [0.1, 0.15) is 5.76 Å². The van der Waals surface area contributed by atoms with E-state index in [4.69, 9.17) is 10.5 Å². The predicted octanol–water partition coefficient (Wildman–Crippen LogP) is 4.41. The molecule has 7 heteroatoms. The molecule has 0 saturated carbocycles. The number of ether oxygens (including phenoxy) is 1. The molecule has 1 aliphatic heterocycles. The van der Waals surface area contributed by atoms with Crippen LogP contribution in [0.25, 0.3) is 0 Å². The minimum absolute atomic E-state index is 0.0315. The number of rotatable bonds is 12. The first-order valence-electron chi connectivity index (χ1n) is 10.1.